The fourth-order valence-corrected chi connectivity index (χ4v) is 4.09. The van der Waals surface area contributed by atoms with E-state index in [-0.39, 0.29) is 29.1 Å². The van der Waals surface area contributed by atoms with Gasteiger partial charge in [-0.3, -0.25) is 9.59 Å². The summed E-state index contributed by atoms with van der Waals surface area (Å²) in [6, 6.07) is 11.5. The van der Waals surface area contributed by atoms with Crippen LogP contribution in [0, 0.1) is 6.92 Å². The molecule has 11 heteroatoms. The second-order valence-corrected chi connectivity index (χ2v) is 8.60. The molecule has 4 N–H and O–H groups in total. The molecule has 0 spiro atoms. The van der Waals surface area contributed by atoms with Gasteiger partial charge in [0, 0.05) is 30.1 Å². The number of aromatic amines is 1. The molecule has 8 nitrogen and oxygen atoms in total. The minimum Gasteiger partial charge on any atom is -0.505 e. The van der Waals surface area contributed by atoms with E-state index in [1.807, 2.05) is 0 Å². The summed E-state index contributed by atoms with van der Waals surface area (Å²) in [6.07, 6.45) is -4.95. The predicted octanol–water partition coefficient (Wildman–Crippen LogP) is 3.99. The van der Waals surface area contributed by atoms with Gasteiger partial charge in [0.2, 0.25) is 0 Å². The highest BCUT2D eigenvalue weighted by Gasteiger charge is 2.36. The molecule has 0 aliphatic rings. The van der Waals surface area contributed by atoms with E-state index < -0.39 is 40.8 Å². The number of nitrogens with one attached hydrogen (secondary N) is 2. The zero-order valence-electron chi connectivity index (χ0n) is 19.7. The summed E-state index contributed by atoms with van der Waals surface area (Å²) >= 11 is 0. The molecule has 1 unspecified atom stereocenters. The Hall–Kier alpha value is -4.54. The highest BCUT2D eigenvalue weighted by Crippen LogP contribution is 2.36. The molecule has 4 rings (SSSR count). The van der Waals surface area contributed by atoms with Crippen LogP contribution in [0.5, 0.6) is 5.75 Å². The van der Waals surface area contributed by atoms with Gasteiger partial charge in [-0.05, 0) is 36.2 Å². The average molecular weight is 513 g/mol. The second kappa shape index (κ2) is 9.49. The Morgan fingerprint density at radius 2 is 1.76 bits per heavy atom. The number of hydrogen-bond acceptors (Lipinski definition) is 4. The number of alkyl halides is 3. The van der Waals surface area contributed by atoms with Crippen molar-refractivity contribution in [3.63, 3.8) is 0 Å². The standard InChI is InChI=1S/C26H22F3N3O5/c1-13-11-17(26(27,28)29)20(24(35)32(13)2)15-9-7-14(8-10-15)12-19(25(36)37)31-23(34)21-22(33)16-5-3-4-6-18(16)30-21/h3-11,19,30,33H,12H2,1-2H3,(H,31,34)(H,36,37). The first-order chi connectivity index (χ1) is 17.4. The van der Waals surface area contributed by atoms with Crippen LogP contribution in [0.4, 0.5) is 13.2 Å². The van der Waals surface area contributed by atoms with Gasteiger partial charge < -0.3 is 25.1 Å². The van der Waals surface area contributed by atoms with Crippen molar-refractivity contribution in [3.05, 3.63) is 87.5 Å². The van der Waals surface area contributed by atoms with Gasteiger partial charge in [-0.25, -0.2) is 4.79 Å². The molecule has 2 aromatic carbocycles. The number of aliphatic carboxylic acids is 1. The number of carboxylic acids is 1. The fourth-order valence-electron chi connectivity index (χ4n) is 4.09. The third kappa shape index (κ3) is 4.92. The van der Waals surface area contributed by atoms with Gasteiger partial charge >= 0.3 is 12.1 Å². The van der Waals surface area contributed by atoms with Gasteiger partial charge in [0.15, 0.2) is 5.75 Å². The smallest absolute Gasteiger partial charge is 0.417 e. The maximum Gasteiger partial charge on any atom is 0.417 e. The van der Waals surface area contributed by atoms with Crippen LogP contribution in [0.15, 0.2) is 59.4 Å². The van der Waals surface area contributed by atoms with Gasteiger partial charge in [0.25, 0.3) is 11.5 Å². The van der Waals surface area contributed by atoms with E-state index in [4.69, 9.17) is 0 Å². The minimum absolute atomic E-state index is 0.0237. The number of carbonyl (C=O) groups excluding carboxylic acids is 1. The number of carbonyl (C=O) groups is 2. The topological polar surface area (TPSA) is 124 Å². The van der Waals surface area contributed by atoms with Crippen molar-refractivity contribution in [2.75, 3.05) is 0 Å². The van der Waals surface area contributed by atoms with E-state index in [2.05, 4.69) is 10.3 Å². The van der Waals surface area contributed by atoms with E-state index in [9.17, 15) is 37.8 Å². The van der Waals surface area contributed by atoms with E-state index in [0.717, 1.165) is 10.6 Å². The van der Waals surface area contributed by atoms with Crippen molar-refractivity contribution < 1.29 is 33.0 Å². The summed E-state index contributed by atoms with van der Waals surface area (Å²) in [5.41, 5.74) is -1.51. The predicted molar refractivity (Wildman–Crippen MR) is 129 cm³/mol. The van der Waals surface area contributed by atoms with Crippen molar-refractivity contribution in [1.82, 2.24) is 14.9 Å². The number of rotatable bonds is 6. The van der Waals surface area contributed by atoms with Crippen molar-refractivity contribution in [2.24, 2.45) is 7.05 Å². The van der Waals surface area contributed by atoms with E-state index in [0.29, 0.717) is 16.5 Å². The van der Waals surface area contributed by atoms with Gasteiger partial charge in [0.05, 0.1) is 11.1 Å². The molecule has 1 atom stereocenters. The molecule has 0 radical (unpaired) electrons. The summed E-state index contributed by atoms with van der Waals surface area (Å²) in [4.78, 5) is 39.9. The van der Waals surface area contributed by atoms with Crippen molar-refractivity contribution in [2.45, 2.75) is 25.6 Å². The zero-order valence-corrected chi connectivity index (χ0v) is 19.7. The Kier molecular flexibility index (Phi) is 6.55. The first-order valence-corrected chi connectivity index (χ1v) is 11.1. The number of nitrogens with zero attached hydrogens (tertiary/aromatic N) is 1. The van der Waals surface area contributed by atoms with Crippen molar-refractivity contribution >= 4 is 22.8 Å². The lowest BCUT2D eigenvalue weighted by atomic mass is 9.97. The fraction of sp³-hybridized carbons (Fsp3) is 0.192. The van der Waals surface area contributed by atoms with Crippen LogP contribution in [0.3, 0.4) is 0 Å². The summed E-state index contributed by atoms with van der Waals surface area (Å²) in [6.45, 7) is 1.40. The van der Waals surface area contributed by atoms with Crippen LogP contribution in [0.1, 0.15) is 27.3 Å². The molecule has 4 aromatic rings. The van der Waals surface area contributed by atoms with E-state index in [1.54, 1.807) is 24.3 Å². The number of benzene rings is 2. The number of pyridine rings is 1. The number of aromatic nitrogens is 2. The number of carboxylic acid groups (broad SMARTS) is 1. The highest BCUT2D eigenvalue weighted by molar-refractivity contribution is 6.04. The Labute approximate surface area is 208 Å². The Morgan fingerprint density at radius 1 is 1.11 bits per heavy atom. The molecular formula is C26H22F3N3O5. The highest BCUT2D eigenvalue weighted by atomic mass is 19.4. The van der Waals surface area contributed by atoms with Crippen molar-refractivity contribution in [3.8, 4) is 16.9 Å². The summed E-state index contributed by atoms with van der Waals surface area (Å²) in [5, 5.41) is 22.7. The van der Waals surface area contributed by atoms with E-state index in [1.165, 1.54) is 38.2 Å². The normalized spacial score (nSPS) is 12.5. The Balaban J connectivity index is 1.60. The molecule has 192 valence electrons. The lowest BCUT2D eigenvalue weighted by Crippen LogP contribution is -2.42. The molecule has 0 saturated heterocycles. The molecule has 0 aliphatic carbocycles. The van der Waals surface area contributed by atoms with Crippen LogP contribution >= 0.6 is 0 Å². The van der Waals surface area contributed by atoms with E-state index >= 15 is 0 Å². The summed E-state index contributed by atoms with van der Waals surface area (Å²) in [7, 11) is 1.38. The Bertz CT molecular complexity index is 1570. The van der Waals surface area contributed by atoms with Crippen LogP contribution in [-0.2, 0) is 24.4 Å². The largest absolute Gasteiger partial charge is 0.505 e. The van der Waals surface area contributed by atoms with Gasteiger partial charge in [-0.2, -0.15) is 13.2 Å². The lowest BCUT2D eigenvalue weighted by Gasteiger charge is -2.17. The number of halogens is 3. The van der Waals surface area contributed by atoms with Gasteiger partial charge in [-0.1, -0.05) is 36.4 Å². The van der Waals surface area contributed by atoms with Crippen molar-refractivity contribution in [1.29, 1.82) is 0 Å². The molecule has 2 heterocycles. The van der Waals surface area contributed by atoms with Gasteiger partial charge in [0.1, 0.15) is 11.7 Å². The second-order valence-electron chi connectivity index (χ2n) is 8.60. The van der Waals surface area contributed by atoms with Crippen LogP contribution in [0.2, 0.25) is 0 Å². The van der Waals surface area contributed by atoms with Crippen LogP contribution < -0.4 is 10.9 Å². The summed E-state index contributed by atoms with van der Waals surface area (Å²) in [5.74, 6) is -2.50. The molecular weight excluding hydrogens is 491 g/mol. The maximum atomic E-state index is 13.6. The zero-order chi connectivity index (χ0) is 27.1. The molecule has 1 amide bonds. The van der Waals surface area contributed by atoms with Crippen LogP contribution in [-0.4, -0.2) is 37.7 Å². The molecule has 0 aliphatic heterocycles. The van der Waals surface area contributed by atoms with Crippen LogP contribution in [0.25, 0.3) is 22.0 Å². The molecule has 37 heavy (non-hydrogen) atoms. The number of aryl methyl sites for hydroxylation is 1. The molecule has 0 fully saturated rings. The number of fused-ring (bicyclic) bond motifs is 1. The molecule has 2 aromatic heterocycles. The molecule has 0 bridgehead atoms. The maximum absolute atomic E-state index is 13.6. The van der Waals surface area contributed by atoms with Gasteiger partial charge in [-0.15, -0.1) is 0 Å². The average Bonchev–Trinajstić information content (AvgIpc) is 3.18. The number of para-hydroxylation sites is 1. The lowest BCUT2D eigenvalue weighted by molar-refractivity contribution is -0.139. The number of aromatic hydroxyl groups is 1. The third-order valence-corrected chi connectivity index (χ3v) is 6.17. The molecule has 0 saturated carbocycles. The number of amides is 1. The first kappa shape index (κ1) is 25.5. The first-order valence-electron chi connectivity index (χ1n) is 11.1. The number of hydrogen-bond donors (Lipinski definition) is 4. The SMILES string of the molecule is Cc1cc(C(F)(F)F)c(-c2ccc(CC(NC(=O)c3[nH]c4ccccc4c3O)C(=O)O)cc2)c(=O)n1C. The monoisotopic (exact) mass is 513 g/mol. The quantitative estimate of drug-likeness (QED) is 0.310. The Morgan fingerprint density at radius 3 is 2.35 bits per heavy atom. The minimum atomic E-state index is -4.75. The number of H-pyrrole nitrogens is 1. The summed E-state index contributed by atoms with van der Waals surface area (Å²) < 4.78 is 42.1. The third-order valence-electron chi connectivity index (χ3n) is 6.17.